The van der Waals surface area contributed by atoms with E-state index in [1.807, 2.05) is 19.1 Å². The van der Waals surface area contributed by atoms with Crippen molar-refractivity contribution in [2.45, 2.75) is 6.92 Å². The third-order valence-electron chi connectivity index (χ3n) is 2.76. The highest BCUT2D eigenvalue weighted by Gasteiger charge is 2.06. The molecule has 0 fully saturated rings. The highest BCUT2D eigenvalue weighted by molar-refractivity contribution is 5.79. The summed E-state index contributed by atoms with van der Waals surface area (Å²) in [7, 11) is 1.42. The van der Waals surface area contributed by atoms with Crippen molar-refractivity contribution in [1.29, 1.82) is 0 Å². The second kappa shape index (κ2) is 5.96. The normalized spacial score (nSPS) is 10.9. The van der Waals surface area contributed by atoms with Gasteiger partial charge in [0.15, 0.2) is 0 Å². The Morgan fingerprint density at radius 3 is 2.70 bits per heavy atom. The number of hydrogen-bond acceptors (Lipinski definition) is 5. The first-order valence-corrected chi connectivity index (χ1v) is 6.13. The lowest BCUT2D eigenvalue weighted by molar-refractivity contribution is 0.756. The van der Waals surface area contributed by atoms with Crippen LogP contribution in [0.25, 0.3) is 0 Å². The zero-order valence-electron chi connectivity index (χ0n) is 11.3. The molecule has 0 aliphatic rings. The van der Waals surface area contributed by atoms with Crippen LogP contribution in [0.3, 0.4) is 0 Å². The van der Waals surface area contributed by atoms with Crippen LogP contribution >= 0.6 is 0 Å². The molecule has 7 nitrogen and oxygen atoms in total. The fourth-order valence-corrected chi connectivity index (χ4v) is 1.58. The number of hydrogen-bond donors (Lipinski definition) is 1. The van der Waals surface area contributed by atoms with Crippen LogP contribution in [0.1, 0.15) is 12.5 Å². The van der Waals surface area contributed by atoms with Crippen LogP contribution in [0.4, 0.5) is 5.82 Å². The molecule has 0 saturated heterocycles. The predicted molar refractivity (Wildman–Crippen MR) is 77.2 cm³/mol. The molecule has 0 unspecified atom stereocenters. The molecule has 2 aromatic heterocycles. The predicted octanol–water partition coefficient (Wildman–Crippen LogP) is 0.329. The molecule has 20 heavy (non-hydrogen) atoms. The topological polar surface area (TPSA) is 83.3 Å². The van der Waals surface area contributed by atoms with Crippen LogP contribution in [0, 0.1) is 0 Å². The van der Waals surface area contributed by atoms with Gasteiger partial charge in [0, 0.05) is 32.1 Å². The van der Waals surface area contributed by atoms with Crippen molar-refractivity contribution in [2.75, 3.05) is 11.6 Å². The Morgan fingerprint density at radius 1 is 1.40 bits per heavy atom. The molecule has 0 aromatic carbocycles. The molecular formula is C13H15N5O2. The summed E-state index contributed by atoms with van der Waals surface area (Å²) in [6.07, 6.45) is 4.97. The highest BCUT2D eigenvalue weighted by atomic mass is 16.2. The second-order valence-electron chi connectivity index (χ2n) is 4.10. The summed E-state index contributed by atoms with van der Waals surface area (Å²) in [6, 6.07) is 4.96. The van der Waals surface area contributed by atoms with E-state index >= 15 is 0 Å². The number of anilines is 1. The van der Waals surface area contributed by atoms with Gasteiger partial charge in [0.25, 0.3) is 5.56 Å². The van der Waals surface area contributed by atoms with Crippen molar-refractivity contribution >= 4 is 12.0 Å². The van der Waals surface area contributed by atoms with Gasteiger partial charge in [0.2, 0.25) is 0 Å². The van der Waals surface area contributed by atoms with Crippen LogP contribution < -0.4 is 16.3 Å². The first kappa shape index (κ1) is 13.7. The summed E-state index contributed by atoms with van der Waals surface area (Å²) in [4.78, 5) is 29.7. The van der Waals surface area contributed by atoms with Crippen molar-refractivity contribution in [3.8, 4) is 0 Å². The molecule has 0 radical (unpaired) electrons. The number of rotatable bonds is 4. The number of nitrogens with one attached hydrogen (secondary N) is 1. The fourth-order valence-electron chi connectivity index (χ4n) is 1.58. The molecule has 0 atom stereocenters. The van der Waals surface area contributed by atoms with Gasteiger partial charge in [-0.2, -0.15) is 5.10 Å². The highest BCUT2D eigenvalue weighted by Crippen LogP contribution is 2.05. The van der Waals surface area contributed by atoms with E-state index in [0.717, 1.165) is 10.1 Å². The Bertz CT molecular complexity index is 686. The maximum Gasteiger partial charge on any atom is 0.329 e. The molecule has 0 amide bonds. The van der Waals surface area contributed by atoms with Crippen molar-refractivity contribution in [1.82, 2.24) is 14.5 Å². The lowest BCUT2D eigenvalue weighted by Crippen LogP contribution is -2.34. The average molecular weight is 273 g/mol. The molecule has 1 N–H and O–H groups in total. The van der Waals surface area contributed by atoms with Crippen LogP contribution in [0.2, 0.25) is 0 Å². The molecular weight excluding hydrogens is 258 g/mol. The largest absolute Gasteiger partial charge is 0.329 e. The molecule has 2 heterocycles. The SMILES string of the molecule is CCN(/N=C\c1ccncc1)c1cc(=O)n(C)c(=O)[nH]1. The van der Waals surface area contributed by atoms with E-state index in [1.54, 1.807) is 23.6 Å². The smallest absolute Gasteiger partial charge is 0.292 e. The number of hydrazone groups is 1. The Morgan fingerprint density at radius 2 is 2.10 bits per heavy atom. The van der Waals surface area contributed by atoms with Crippen molar-refractivity contribution in [2.24, 2.45) is 12.1 Å². The zero-order valence-corrected chi connectivity index (χ0v) is 11.3. The number of nitrogens with zero attached hydrogens (tertiary/aromatic N) is 4. The molecule has 2 rings (SSSR count). The Labute approximate surface area is 115 Å². The molecule has 0 spiro atoms. The van der Waals surface area contributed by atoms with Crippen LogP contribution in [0.15, 0.2) is 45.3 Å². The summed E-state index contributed by atoms with van der Waals surface area (Å²) in [5.41, 5.74) is 0.0380. The minimum Gasteiger partial charge on any atom is -0.292 e. The van der Waals surface area contributed by atoms with E-state index in [4.69, 9.17) is 0 Å². The third-order valence-corrected chi connectivity index (χ3v) is 2.76. The van der Waals surface area contributed by atoms with Crippen LogP contribution in [0.5, 0.6) is 0 Å². The van der Waals surface area contributed by atoms with Gasteiger partial charge in [-0.15, -0.1) is 0 Å². The second-order valence-corrected chi connectivity index (χ2v) is 4.10. The van der Waals surface area contributed by atoms with E-state index < -0.39 is 5.69 Å². The van der Waals surface area contributed by atoms with Crippen molar-refractivity contribution < 1.29 is 0 Å². The molecule has 7 heteroatoms. The minimum absolute atomic E-state index is 0.367. The van der Waals surface area contributed by atoms with Crippen molar-refractivity contribution in [3.05, 3.63) is 57.0 Å². The lowest BCUT2D eigenvalue weighted by atomic mass is 10.3. The van der Waals surface area contributed by atoms with Crippen LogP contribution in [-0.2, 0) is 7.05 Å². The minimum atomic E-state index is -0.468. The lowest BCUT2D eigenvalue weighted by Gasteiger charge is -2.16. The standard InChI is InChI=1S/C13H15N5O2/c1-3-18(15-9-10-4-6-14-7-5-10)11-8-12(19)17(2)13(20)16-11/h4-9H,3H2,1-2H3,(H,16,20)/b15-9-. The summed E-state index contributed by atoms with van der Waals surface area (Å²) >= 11 is 0. The maximum atomic E-state index is 11.6. The monoisotopic (exact) mass is 273 g/mol. The quantitative estimate of drug-likeness (QED) is 0.642. The molecule has 0 saturated carbocycles. The number of H-pyrrole nitrogens is 1. The summed E-state index contributed by atoms with van der Waals surface area (Å²) in [5.74, 6) is 0.367. The number of pyridine rings is 1. The van der Waals surface area contributed by atoms with Gasteiger partial charge in [-0.25, -0.2) is 9.80 Å². The molecule has 0 aliphatic heterocycles. The van der Waals surface area contributed by atoms with E-state index in [0.29, 0.717) is 12.4 Å². The Hall–Kier alpha value is -2.70. The van der Waals surface area contributed by atoms with Gasteiger partial charge in [-0.05, 0) is 24.6 Å². The zero-order chi connectivity index (χ0) is 14.5. The molecule has 0 aliphatic carbocycles. The van der Waals surface area contributed by atoms with Gasteiger partial charge < -0.3 is 0 Å². The Balaban J connectivity index is 2.32. The first-order valence-electron chi connectivity index (χ1n) is 6.13. The number of aromatic amines is 1. The molecule has 104 valence electrons. The summed E-state index contributed by atoms with van der Waals surface area (Å²) in [5, 5.41) is 5.80. The van der Waals surface area contributed by atoms with Gasteiger partial charge in [0.1, 0.15) is 5.82 Å². The van der Waals surface area contributed by atoms with Gasteiger partial charge in [-0.1, -0.05) is 0 Å². The Kier molecular flexibility index (Phi) is 4.09. The maximum absolute atomic E-state index is 11.6. The van der Waals surface area contributed by atoms with E-state index in [1.165, 1.54) is 13.1 Å². The summed E-state index contributed by atoms with van der Waals surface area (Å²) in [6.45, 7) is 2.39. The fraction of sp³-hybridized carbons (Fsp3) is 0.231. The molecule has 0 bridgehead atoms. The first-order chi connectivity index (χ1) is 9.61. The number of aromatic nitrogens is 3. The van der Waals surface area contributed by atoms with E-state index in [2.05, 4.69) is 15.1 Å². The van der Waals surface area contributed by atoms with E-state index in [-0.39, 0.29) is 5.56 Å². The summed E-state index contributed by atoms with van der Waals surface area (Å²) < 4.78 is 1.00. The van der Waals surface area contributed by atoms with Crippen LogP contribution in [-0.4, -0.2) is 27.3 Å². The average Bonchev–Trinajstić information content (AvgIpc) is 2.46. The van der Waals surface area contributed by atoms with E-state index in [9.17, 15) is 9.59 Å². The molecule has 2 aromatic rings. The van der Waals surface area contributed by atoms with Gasteiger partial charge >= 0.3 is 5.69 Å². The van der Waals surface area contributed by atoms with Gasteiger partial charge in [0.05, 0.1) is 6.21 Å². The third kappa shape index (κ3) is 3.00. The van der Waals surface area contributed by atoms with Gasteiger partial charge in [-0.3, -0.25) is 19.3 Å². The van der Waals surface area contributed by atoms with Crippen molar-refractivity contribution in [3.63, 3.8) is 0 Å².